The van der Waals surface area contributed by atoms with Crippen LogP contribution in [0.4, 0.5) is 16.2 Å². The Morgan fingerprint density at radius 3 is 2.58 bits per heavy atom. The monoisotopic (exact) mass is 355 g/mol. The van der Waals surface area contributed by atoms with Crippen LogP contribution in [0.25, 0.3) is 0 Å². The van der Waals surface area contributed by atoms with Crippen molar-refractivity contribution in [3.8, 4) is 0 Å². The van der Waals surface area contributed by atoms with Gasteiger partial charge in [-0.1, -0.05) is 32.0 Å². The molecule has 0 aliphatic heterocycles. The van der Waals surface area contributed by atoms with E-state index in [-0.39, 0.29) is 5.69 Å². The van der Waals surface area contributed by atoms with Crippen LogP contribution in [-0.4, -0.2) is 22.2 Å². The minimum Gasteiger partial charge on any atom is -0.390 e. The molecule has 1 aliphatic carbocycles. The number of carbonyl (C=O) groups is 1. The Morgan fingerprint density at radius 1 is 1.23 bits per heavy atom. The number of nitrogens with zero attached hydrogens (tertiary/aromatic N) is 1. The van der Waals surface area contributed by atoms with Crippen LogP contribution in [-0.2, 0) is 6.42 Å². The Morgan fingerprint density at radius 2 is 1.92 bits per heavy atom. The number of para-hydroxylation sites is 1. The van der Waals surface area contributed by atoms with E-state index < -0.39 is 28.5 Å². The molecule has 0 saturated carbocycles. The van der Waals surface area contributed by atoms with Crippen molar-refractivity contribution < 1.29 is 14.8 Å². The predicted molar refractivity (Wildman–Crippen MR) is 97.9 cm³/mol. The summed E-state index contributed by atoms with van der Waals surface area (Å²) in [5, 5.41) is 27.3. The molecule has 2 amide bonds. The van der Waals surface area contributed by atoms with Gasteiger partial charge in [-0.2, -0.15) is 0 Å². The molecule has 0 bridgehead atoms. The van der Waals surface area contributed by atoms with Crippen LogP contribution in [0.5, 0.6) is 0 Å². The maximum Gasteiger partial charge on any atom is 0.319 e. The van der Waals surface area contributed by atoms with Crippen LogP contribution in [0.2, 0.25) is 0 Å². The third kappa shape index (κ3) is 3.52. The Hall–Kier alpha value is -2.93. The number of non-ortho nitro benzene ring substituents is 1. The van der Waals surface area contributed by atoms with Crippen LogP contribution in [0.1, 0.15) is 31.0 Å². The molecule has 3 rings (SSSR count). The van der Waals surface area contributed by atoms with Crippen molar-refractivity contribution >= 4 is 17.4 Å². The number of hydrogen-bond donors (Lipinski definition) is 3. The highest BCUT2D eigenvalue weighted by atomic mass is 16.6. The summed E-state index contributed by atoms with van der Waals surface area (Å²) in [6, 6.07) is 12.4. The van der Waals surface area contributed by atoms with E-state index in [0.29, 0.717) is 17.7 Å². The summed E-state index contributed by atoms with van der Waals surface area (Å²) in [7, 11) is 0. The average molecular weight is 355 g/mol. The summed E-state index contributed by atoms with van der Waals surface area (Å²) >= 11 is 0. The van der Waals surface area contributed by atoms with E-state index in [1.165, 1.54) is 12.1 Å². The van der Waals surface area contributed by atoms with Gasteiger partial charge in [-0.15, -0.1) is 0 Å². The second-order valence-corrected chi connectivity index (χ2v) is 7.19. The lowest BCUT2D eigenvalue weighted by atomic mass is 9.69. The van der Waals surface area contributed by atoms with E-state index in [1.807, 2.05) is 32.0 Å². The van der Waals surface area contributed by atoms with Gasteiger partial charge in [0.05, 0.1) is 17.1 Å². The number of anilines is 1. The van der Waals surface area contributed by atoms with E-state index in [9.17, 15) is 20.0 Å². The van der Waals surface area contributed by atoms with Gasteiger partial charge >= 0.3 is 6.03 Å². The molecule has 136 valence electrons. The van der Waals surface area contributed by atoms with Crippen molar-refractivity contribution in [1.29, 1.82) is 0 Å². The Balaban J connectivity index is 1.88. The number of rotatable bonds is 3. The van der Waals surface area contributed by atoms with Crippen molar-refractivity contribution in [2.24, 2.45) is 5.41 Å². The van der Waals surface area contributed by atoms with Gasteiger partial charge in [0.15, 0.2) is 0 Å². The fraction of sp³-hybridized carbons (Fsp3) is 0.316. The molecule has 2 atom stereocenters. The van der Waals surface area contributed by atoms with E-state index in [0.717, 1.165) is 5.56 Å². The normalized spacial score (nSPS) is 20.7. The van der Waals surface area contributed by atoms with Gasteiger partial charge in [-0.3, -0.25) is 10.1 Å². The van der Waals surface area contributed by atoms with Gasteiger partial charge in [-0.25, -0.2) is 4.79 Å². The van der Waals surface area contributed by atoms with Gasteiger partial charge < -0.3 is 15.7 Å². The van der Waals surface area contributed by atoms with Gasteiger partial charge in [0.2, 0.25) is 0 Å². The lowest BCUT2D eigenvalue weighted by Crippen LogP contribution is -2.49. The highest BCUT2D eigenvalue weighted by Gasteiger charge is 2.42. The first-order valence-electron chi connectivity index (χ1n) is 8.36. The first-order chi connectivity index (χ1) is 12.3. The maximum absolute atomic E-state index is 12.4. The molecule has 0 saturated heterocycles. The van der Waals surface area contributed by atoms with Crippen LogP contribution >= 0.6 is 0 Å². The van der Waals surface area contributed by atoms with Gasteiger partial charge in [0, 0.05) is 17.8 Å². The molecule has 1 aliphatic rings. The second-order valence-electron chi connectivity index (χ2n) is 7.19. The van der Waals surface area contributed by atoms with E-state index in [1.54, 1.807) is 18.2 Å². The number of hydrogen-bond acceptors (Lipinski definition) is 4. The Labute approximate surface area is 151 Å². The van der Waals surface area contributed by atoms with Crippen molar-refractivity contribution in [2.75, 3.05) is 5.32 Å². The highest BCUT2D eigenvalue weighted by Crippen LogP contribution is 2.42. The Kier molecular flexibility index (Phi) is 4.65. The summed E-state index contributed by atoms with van der Waals surface area (Å²) in [6.45, 7) is 3.76. The molecular formula is C19H21N3O4. The first-order valence-corrected chi connectivity index (χ1v) is 8.36. The summed E-state index contributed by atoms with van der Waals surface area (Å²) in [4.78, 5) is 23.0. The molecule has 0 heterocycles. The number of aliphatic hydroxyl groups excluding tert-OH is 1. The smallest absolute Gasteiger partial charge is 0.319 e. The highest BCUT2D eigenvalue weighted by molar-refractivity contribution is 5.89. The molecule has 2 aromatic rings. The van der Waals surface area contributed by atoms with Crippen LogP contribution in [0.3, 0.4) is 0 Å². The third-order valence-electron chi connectivity index (χ3n) is 4.75. The Bertz CT molecular complexity index is 836. The zero-order chi connectivity index (χ0) is 18.9. The minimum absolute atomic E-state index is 0.00317. The number of aliphatic hydroxyl groups is 1. The molecule has 0 unspecified atom stereocenters. The summed E-state index contributed by atoms with van der Waals surface area (Å²) in [5.74, 6) is 0. The molecule has 7 nitrogen and oxygen atoms in total. The quantitative estimate of drug-likeness (QED) is 0.580. The number of carbonyl (C=O) groups excluding carboxylic acids is 1. The molecule has 7 heteroatoms. The number of benzene rings is 2. The lowest BCUT2D eigenvalue weighted by Gasteiger charge is -2.42. The molecule has 3 N–H and O–H groups in total. The molecule has 0 fully saturated rings. The largest absolute Gasteiger partial charge is 0.390 e. The number of fused-ring (bicyclic) bond motifs is 1. The molecule has 0 spiro atoms. The summed E-state index contributed by atoms with van der Waals surface area (Å²) in [5.41, 5.74) is 1.57. The van der Waals surface area contributed by atoms with E-state index in [2.05, 4.69) is 10.6 Å². The van der Waals surface area contributed by atoms with Crippen LogP contribution < -0.4 is 10.6 Å². The van der Waals surface area contributed by atoms with E-state index >= 15 is 0 Å². The second kappa shape index (κ2) is 6.76. The fourth-order valence-electron chi connectivity index (χ4n) is 3.37. The van der Waals surface area contributed by atoms with Crippen molar-refractivity contribution in [1.82, 2.24) is 5.32 Å². The van der Waals surface area contributed by atoms with E-state index in [4.69, 9.17) is 0 Å². The van der Waals surface area contributed by atoms with Gasteiger partial charge in [-0.05, 0) is 41.2 Å². The number of nitrogens with one attached hydrogen (secondary N) is 2. The predicted octanol–water partition coefficient (Wildman–Crippen LogP) is 3.40. The molecule has 0 aromatic heterocycles. The summed E-state index contributed by atoms with van der Waals surface area (Å²) < 4.78 is 0. The molecular weight excluding hydrogens is 334 g/mol. The number of urea groups is 1. The fourth-order valence-corrected chi connectivity index (χ4v) is 3.37. The molecule has 0 radical (unpaired) electrons. The number of nitro groups is 1. The van der Waals surface area contributed by atoms with Crippen LogP contribution in [0.15, 0.2) is 48.5 Å². The standard InChI is InChI=1S/C19H21N3O4/c1-19(2)11-12-10-14(22(25)26)8-9-15(12)16(17(19)23)21-18(24)20-13-6-4-3-5-7-13/h3-10,16-17,23H,11H2,1-2H3,(H2,20,21,24)/t16-,17+/m1/s1. The number of amides is 2. The van der Waals surface area contributed by atoms with Crippen molar-refractivity contribution in [2.45, 2.75) is 32.4 Å². The maximum atomic E-state index is 12.4. The lowest BCUT2D eigenvalue weighted by molar-refractivity contribution is -0.385. The van der Waals surface area contributed by atoms with Gasteiger partial charge in [0.25, 0.3) is 5.69 Å². The summed E-state index contributed by atoms with van der Waals surface area (Å²) in [6.07, 6.45) is -0.332. The first kappa shape index (κ1) is 17.9. The van der Waals surface area contributed by atoms with Crippen LogP contribution in [0, 0.1) is 15.5 Å². The number of nitro benzene ring substituents is 1. The average Bonchev–Trinajstić information content (AvgIpc) is 2.59. The molecule has 2 aromatic carbocycles. The zero-order valence-corrected chi connectivity index (χ0v) is 14.6. The third-order valence-corrected chi connectivity index (χ3v) is 4.75. The molecule has 26 heavy (non-hydrogen) atoms. The minimum atomic E-state index is -0.821. The zero-order valence-electron chi connectivity index (χ0n) is 14.6. The van der Waals surface area contributed by atoms with Crippen molar-refractivity contribution in [3.05, 3.63) is 69.8 Å². The van der Waals surface area contributed by atoms with Gasteiger partial charge in [0.1, 0.15) is 0 Å². The topological polar surface area (TPSA) is 105 Å². The van der Waals surface area contributed by atoms with Crippen molar-refractivity contribution in [3.63, 3.8) is 0 Å². The SMILES string of the molecule is CC1(C)Cc2cc([N+](=O)[O-])ccc2[C@@H](NC(=O)Nc2ccccc2)[C@@H]1O.